The summed E-state index contributed by atoms with van der Waals surface area (Å²) >= 11 is 3.13. The van der Waals surface area contributed by atoms with Crippen LogP contribution < -0.4 is 5.32 Å². The normalized spacial score (nSPS) is 10.5. The number of benzene rings is 2. The Bertz CT molecular complexity index is 956. The van der Waals surface area contributed by atoms with E-state index in [2.05, 4.69) is 10.3 Å². The summed E-state index contributed by atoms with van der Waals surface area (Å²) in [5.74, 6) is 0.369. The van der Waals surface area contributed by atoms with Crippen molar-refractivity contribution in [1.82, 2.24) is 4.98 Å². The molecule has 0 aliphatic rings. The predicted octanol–water partition coefficient (Wildman–Crippen LogP) is 4.90. The Kier molecular flexibility index (Phi) is 5.65. The van der Waals surface area contributed by atoms with Gasteiger partial charge in [0.05, 0.1) is 21.2 Å². The second-order valence-corrected chi connectivity index (χ2v) is 7.48. The molecule has 1 amide bonds. The average Bonchev–Trinajstić information content (AvgIpc) is 3.05. The standard InChI is InChI=1S/C18H15N3O3S2/c1-12-19-14(10-25-12)11-26-17-8-3-2-7-16(17)18(22)20-13-5-4-6-15(9-13)21(23)24/h2-10H,11H2,1H3,(H,20,22). The minimum Gasteiger partial charge on any atom is -0.322 e. The van der Waals surface area contributed by atoms with E-state index in [4.69, 9.17) is 0 Å². The number of thioether (sulfide) groups is 1. The molecule has 0 aliphatic heterocycles. The van der Waals surface area contributed by atoms with Crippen molar-refractivity contribution < 1.29 is 9.72 Å². The number of hydrogen-bond acceptors (Lipinski definition) is 6. The molecule has 3 aromatic rings. The van der Waals surface area contributed by atoms with Gasteiger partial charge in [-0.2, -0.15) is 0 Å². The van der Waals surface area contributed by atoms with Gasteiger partial charge in [-0.1, -0.05) is 18.2 Å². The Balaban J connectivity index is 1.75. The Morgan fingerprint density at radius 2 is 2.08 bits per heavy atom. The van der Waals surface area contributed by atoms with Gasteiger partial charge in [0.2, 0.25) is 0 Å². The summed E-state index contributed by atoms with van der Waals surface area (Å²) in [5.41, 5.74) is 1.82. The lowest BCUT2D eigenvalue weighted by atomic mass is 10.2. The van der Waals surface area contributed by atoms with Crippen LogP contribution in [0.3, 0.4) is 0 Å². The highest BCUT2D eigenvalue weighted by Gasteiger charge is 2.14. The van der Waals surface area contributed by atoms with Crippen LogP contribution in [0.4, 0.5) is 11.4 Å². The van der Waals surface area contributed by atoms with Gasteiger partial charge in [0, 0.05) is 33.8 Å². The van der Waals surface area contributed by atoms with Crippen LogP contribution in [0.2, 0.25) is 0 Å². The number of anilines is 1. The maximum absolute atomic E-state index is 12.6. The zero-order valence-corrected chi connectivity index (χ0v) is 15.5. The van der Waals surface area contributed by atoms with Crippen LogP contribution in [0.1, 0.15) is 21.1 Å². The summed E-state index contributed by atoms with van der Waals surface area (Å²) in [5, 5.41) is 16.6. The highest BCUT2D eigenvalue weighted by Crippen LogP contribution is 2.28. The molecule has 0 bridgehead atoms. The lowest BCUT2D eigenvalue weighted by molar-refractivity contribution is -0.384. The maximum Gasteiger partial charge on any atom is 0.271 e. The van der Waals surface area contributed by atoms with Crippen molar-refractivity contribution in [2.24, 2.45) is 0 Å². The number of carbonyl (C=O) groups excluding carboxylic acids is 1. The van der Waals surface area contributed by atoms with Gasteiger partial charge in [-0.05, 0) is 25.1 Å². The highest BCUT2D eigenvalue weighted by atomic mass is 32.2. The van der Waals surface area contributed by atoms with Crippen LogP contribution in [-0.2, 0) is 5.75 Å². The summed E-state index contributed by atoms with van der Waals surface area (Å²) < 4.78 is 0. The van der Waals surface area contributed by atoms with Gasteiger partial charge in [0.25, 0.3) is 11.6 Å². The summed E-state index contributed by atoms with van der Waals surface area (Å²) in [6.07, 6.45) is 0. The quantitative estimate of drug-likeness (QED) is 0.370. The van der Waals surface area contributed by atoms with Crippen LogP contribution in [0.25, 0.3) is 0 Å². The fourth-order valence-corrected chi connectivity index (χ4v) is 3.96. The molecule has 1 N–H and O–H groups in total. The first kappa shape index (κ1) is 18.1. The van der Waals surface area contributed by atoms with Crippen LogP contribution in [0.5, 0.6) is 0 Å². The fraction of sp³-hybridized carbons (Fsp3) is 0.111. The van der Waals surface area contributed by atoms with Gasteiger partial charge >= 0.3 is 0 Å². The van der Waals surface area contributed by atoms with Gasteiger partial charge in [-0.25, -0.2) is 4.98 Å². The Labute approximate surface area is 158 Å². The van der Waals surface area contributed by atoms with Crippen molar-refractivity contribution in [2.45, 2.75) is 17.6 Å². The molecule has 0 fully saturated rings. The minimum atomic E-state index is -0.491. The van der Waals surface area contributed by atoms with Crippen molar-refractivity contribution in [1.29, 1.82) is 0 Å². The van der Waals surface area contributed by atoms with Crippen molar-refractivity contribution in [3.8, 4) is 0 Å². The highest BCUT2D eigenvalue weighted by molar-refractivity contribution is 7.98. The van der Waals surface area contributed by atoms with E-state index in [1.54, 1.807) is 35.6 Å². The molecule has 6 nitrogen and oxygen atoms in total. The molecule has 0 saturated heterocycles. The van der Waals surface area contributed by atoms with Crippen molar-refractivity contribution in [3.63, 3.8) is 0 Å². The van der Waals surface area contributed by atoms with Gasteiger partial charge < -0.3 is 5.32 Å². The van der Waals surface area contributed by atoms with Crippen LogP contribution in [-0.4, -0.2) is 15.8 Å². The molecular formula is C18H15N3O3S2. The number of non-ortho nitro benzene ring substituents is 1. The number of hydrogen-bond donors (Lipinski definition) is 1. The lowest BCUT2D eigenvalue weighted by Gasteiger charge is -2.09. The Morgan fingerprint density at radius 3 is 2.81 bits per heavy atom. The third-order valence-corrected chi connectivity index (χ3v) is 5.42. The molecule has 26 heavy (non-hydrogen) atoms. The van der Waals surface area contributed by atoms with Crippen molar-refractivity contribution in [3.05, 3.63) is 80.3 Å². The molecule has 0 saturated carbocycles. The van der Waals surface area contributed by atoms with Gasteiger partial charge in [0.1, 0.15) is 0 Å². The molecule has 8 heteroatoms. The number of nitro benzene ring substituents is 1. The van der Waals surface area contributed by atoms with Crippen LogP contribution in [0.15, 0.2) is 58.8 Å². The molecule has 1 heterocycles. The van der Waals surface area contributed by atoms with Crippen LogP contribution >= 0.6 is 23.1 Å². The molecule has 0 spiro atoms. The van der Waals surface area contributed by atoms with E-state index in [1.807, 2.05) is 24.4 Å². The number of nitrogens with one attached hydrogen (secondary N) is 1. The van der Waals surface area contributed by atoms with Gasteiger partial charge in [-0.3, -0.25) is 14.9 Å². The second-order valence-electron chi connectivity index (χ2n) is 5.40. The van der Waals surface area contributed by atoms with Crippen LogP contribution in [0, 0.1) is 17.0 Å². The molecule has 0 unspecified atom stereocenters. The number of aryl methyl sites for hydroxylation is 1. The summed E-state index contributed by atoms with van der Waals surface area (Å²) in [7, 11) is 0. The molecule has 3 rings (SSSR count). The van der Waals surface area contributed by atoms with Crippen molar-refractivity contribution in [2.75, 3.05) is 5.32 Å². The number of nitrogens with zero attached hydrogens (tertiary/aromatic N) is 2. The molecular weight excluding hydrogens is 370 g/mol. The zero-order valence-electron chi connectivity index (χ0n) is 13.8. The van der Waals surface area contributed by atoms with Crippen molar-refractivity contribution >= 4 is 40.4 Å². The van der Waals surface area contributed by atoms with E-state index in [-0.39, 0.29) is 11.6 Å². The number of thiazole rings is 1. The SMILES string of the molecule is Cc1nc(CSc2ccccc2C(=O)Nc2cccc([N+](=O)[O-])c2)cs1. The molecule has 1 aromatic heterocycles. The number of nitro groups is 1. The van der Waals surface area contributed by atoms with E-state index >= 15 is 0 Å². The third kappa shape index (κ3) is 4.47. The van der Waals surface area contributed by atoms with Gasteiger partial charge in [-0.15, -0.1) is 23.1 Å². The average molecular weight is 385 g/mol. The lowest BCUT2D eigenvalue weighted by Crippen LogP contribution is -2.13. The topological polar surface area (TPSA) is 85.1 Å². The third-order valence-electron chi connectivity index (χ3n) is 3.49. The maximum atomic E-state index is 12.6. The number of amides is 1. The van der Waals surface area contributed by atoms with E-state index in [0.29, 0.717) is 17.0 Å². The Morgan fingerprint density at radius 1 is 1.27 bits per heavy atom. The first-order valence-electron chi connectivity index (χ1n) is 7.71. The van der Waals surface area contributed by atoms with Gasteiger partial charge in [0.15, 0.2) is 0 Å². The number of rotatable bonds is 6. The predicted molar refractivity (Wildman–Crippen MR) is 104 cm³/mol. The number of aromatic nitrogens is 1. The smallest absolute Gasteiger partial charge is 0.271 e. The first-order chi connectivity index (χ1) is 12.5. The van der Waals surface area contributed by atoms with E-state index in [9.17, 15) is 14.9 Å². The summed E-state index contributed by atoms with van der Waals surface area (Å²) in [6, 6.07) is 13.2. The van der Waals surface area contributed by atoms with E-state index in [0.717, 1.165) is 15.6 Å². The largest absolute Gasteiger partial charge is 0.322 e. The molecule has 0 aliphatic carbocycles. The summed E-state index contributed by atoms with van der Waals surface area (Å²) in [4.78, 5) is 28.3. The monoisotopic (exact) mass is 385 g/mol. The van der Waals surface area contributed by atoms with E-state index < -0.39 is 4.92 Å². The second kappa shape index (κ2) is 8.11. The molecule has 0 atom stereocenters. The van der Waals surface area contributed by atoms with E-state index in [1.165, 1.54) is 23.9 Å². The molecule has 2 aromatic carbocycles. The summed E-state index contributed by atoms with van der Waals surface area (Å²) in [6.45, 7) is 1.96. The minimum absolute atomic E-state index is 0.0654. The first-order valence-corrected chi connectivity index (χ1v) is 9.58. The molecule has 132 valence electrons. The molecule has 0 radical (unpaired) electrons. The Hall–Kier alpha value is -2.71. The number of carbonyl (C=O) groups is 1. The fourth-order valence-electron chi connectivity index (χ4n) is 2.30. The zero-order chi connectivity index (χ0) is 18.5.